The molecule has 0 saturated heterocycles. The summed E-state index contributed by atoms with van der Waals surface area (Å²) in [4.78, 5) is 27.4. The van der Waals surface area contributed by atoms with Crippen molar-refractivity contribution in [2.24, 2.45) is 0 Å². The van der Waals surface area contributed by atoms with Gasteiger partial charge < -0.3 is 10.4 Å². The molecule has 94 valence electrons. The maximum atomic E-state index is 11.1. The van der Waals surface area contributed by atoms with E-state index in [2.05, 4.69) is 10.3 Å². The summed E-state index contributed by atoms with van der Waals surface area (Å²) in [5.74, 6) is -1.28. The van der Waals surface area contributed by atoms with Gasteiger partial charge in [0.25, 0.3) is 0 Å². The highest BCUT2D eigenvalue weighted by molar-refractivity contribution is 7.17. The lowest BCUT2D eigenvalue weighted by atomic mass is 10.2. The number of hydrogen-bond acceptors (Lipinski definition) is 5. The van der Waals surface area contributed by atoms with Crippen LogP contribution in [0.5, 0.6) is 0 Å². The summed E-state index contributed by atoms with van der Waals surface area (Å²) in [7, 11) is 0. The molecule has 2 heterocycles. The number of nitrogens with one attached hydrogen (secondary N) is 1. The lowest BCUT2D eigenvalue weighted by molar-refractivity contribution is -0.114. The summed E-state index contributed by atoms with van der Waals surface area (Å²) in [5.41, 5.74) is 0.485. The molecule has 0 saturated carbocycles. The van der Waals surface area contributed by atoms with Crippen molar-refractivity contribution in [3.63, 3.8) is 0 Å². The van der Waals surface area contributed by atoms with Crippen LogP contribution in [0.15, 0.2) is 17.5 Å². The van der Waals surface area contributed by atoms with E-state index in [0.717, 1.165) is 16.2 Å². The fourth-order valence-corrected chi connectivity index (χ4v) is 3.00. The van der Waals surface area contributed by atoms with Crippen molar-refractivity contribution in [1.82, 2.24) is 4.98 Å². The van der Waals surface area contributed by atoms with Gasteiger partial charge in [-0.1, -0.05) is 17.4 Å². The standard InChI is InChI=1S/C11H10N2O3S2/c1-6(14)12-11-13-8(9(18-11)10(15)16)5-7-3-2-4-17-7/h2-4H,5H2,1H3,(H,15,16)(H,12,13,14). The van der Waals surface area contributed by atoms with Crippen LogP contribution in [0.3, 0.4) is 0 Å². The van der Waals surface area contributed by atoms with Gasteiger partial charge in [-0.05, 0) is 11.4 Å². The van der Waals surface area contributed by atoms with Crippen molar-refractivity contribution >= 4 is 39.7 Å². The lowest BCUT2D eigenvalue weighted by Crippen LogP contribution is -2.05. The average molecular weight is 282 g/mol. The Hall–Kier alpha value is -1.73. The third-order valence-corrected chi connectivity index (χ3v) is 3.97. The Labute approximate surface area is 111 Å². The number of aromatic carboxylic acids is 1. The molecule has 5 nitrogen and oxygen atoms in total. The third-order valence-electron chi connectivity index (χ3n) is 2.10. The second kappa shape index (κ2) is 5.28. The van der Waals surface area contributed by atoms with Crippen molar-refractivity contribution < 1.29 is 14.7 Å². The number of thiazole rings is 1. The molecular weight excluding hydrogens is 272 g/mol. The van der Waals surface area contributed by atoms with Gasteiger partial charge in [0.2, 0.25) is 5.91 Å². The Kier molecular flexibility index (Phi) is 3.73. The number of rotatable bonds is 4. The molecule has 0 aromatic carbocycles. The van der Waals surface area contributed by atoms with Crippen LogP contribution in [0.2, 0.25) is 0 Å². The highest BCUT2D eigenvalue weighted by atomic mass is 32.1. The Morgan fingerprint density at radius 3 is 2.83 bits per heavy atom. The van der Waals surface area contributed by atoms with Crippen LogP contribution in [0, 0.1) is 0 Å². The molecule has 18 heavy (non-hydrogen) atoms. The van der Waals surface area contributed by atoms with Gasteiger partial charge >= 0.3 is 5.97 Å². The van der Waals surface area contributed by atoms with Gasteiger partial charge in [-0.2, -0.15) is 0 Å². The van der Waals surface area contributed by atoms with Gasteiger partial charge in [0.05, 0.1) is 5.69 Å². The minimum absolute atomic E-state index is 0.173. The van der Waals surface area contributed by atoms with Crippen LogP contribution in [-0.4, -0.2) is 22.0 Å². The number of thiophene rings is 1. The van der Waals surface area contributed by atoms with Crippen LogP contribution >= 0.6 is 22.7 Å². The van der Waals surface area contributed by atoms with Crippen molar-refractivity contribution in [2.75, 3.05) is 5.32 Å². The van der Waals surface area contributed by atoms with E-state index in [1.807, 2.05) is 17.5 Å². The van der Waals surface area contributed by atoms with Gasteiger partial charge in [0.15, 0.2) is 5.13 Å². The molecule has 0 atom stereocenters. The summed E-state index contributed by atoms with van der Waals surface area (Å²) in [6.07, 6.45) is 0.468. The van der Waals surface area contributed by atoms with E-state index in [0.29, 0.717) is 17.2 Å². The van der Waals surface area contributed by atoms with Crippen LogP contribution in [0.25, 0.3) is 0 Å². The van der Waals surface area contributed by atoms with Gasteiger partial charge in [0, 0.05) is 18.2 Å². The van der Waals surface area contributed by atoms with Gasteiger partial charge in [0.1, 0.15) is 4.88 Å². The molecule has 7 heteroatoms. The molecule has 2 N–H and O–H groups in total. The number of carboxylic acids is 1. The summed E-state index contributed by atoms with van der Waals surface area (Å²) >= 11 is 2.53. The number of carboxylic acid groups (broad SMARTS) is 1. The molecule has 0 unspecified atom stereocenters. The summed E-state index contributed by atoms with van der Waals surface area (Å²) in [6.45, 7) is 1.36. The van der Waals surface area contributed by atoms with E-state index in [1.54, 1.807) is 11.3 Å². The zero-order valence-electron chi connectivity index (χ0n) is 9.47. The molecule has 0 spiro atoms. The second-order valence-corrected chi connectivity index (χ2v) is 5.57. The molecule has 0 aliphatic carbocycles. The molecule has 0 bridgehead atoms. The zero-order valence-corrected chi connectivity index (χ0v) is 11.1. The number of carbonyl (C=O) groups is 2. The van der Waals surface area contributed by atoms with Crippen molar-refractivity contribution in [3.05, 3.63) is 33.0 Å². The topological polar surface area (TPSA) is 79.3 Å². The van der Waals surface area contributed by atoms with Crippen LogP contribution < -0.4 is 5.32 Å². The first-order valence-corrected chi connectivity index (χ1v) is 6.79. The average Bonchev–Trinajstić information content (AvgIpc) is 2.87. The van der Waals surface area contributed by atoms with E-state index >= 15 is 0 Å². The van der Waals surface area contributed by atoms with E-state index < -0.39 is 5.97 Å². The predicted molar refractivity (Wildman–Crippen MR) is 70.5 cm³/mol. The highest BCUT2D eigenvalue weighted by Crippen LogP contribution is 2.26. The molecule has 2 rings (SSSR count). The maximum absolute atomic E-state index is 11.1. The second-order valence-electron chi connectivity index (χ2n) is 3.54. The molecule has 0 aliphatic rings. The van der Waals surface area contributed by atoms with Gasteiger partial charge in [-0.25, -0.2) is 9.78 Å². The van der Waals surface area contributed by atoms with Gasteiger partial charge in [-0.15, -0.1) is 11.3 Å². The number of aromatic nitrogens is 1. The first-order chi connectivity index (χ1) is 8.56. The van der Waals surface area contributed by atoms with E-state index in [9.17, 15) is 9.59 Å². The Morgan fingerprint density at radius 1 is 1.50 bits per heavy atom. The molecule has 0 fully saturated rings. The number of nitrogens with zero attached hydrogens (tertiary/aromatic N) is 1. The number of carbonyl (C=O) groups excluding carboxylic acids is 1. The predicted octanol–water partition coefficient (Wildman–Crippen LogP) is 2.45. The van der Waals surface area contributed by atoms with E-state index in [-0.39, 0.29) is 10.8 Å². The Balaban J connectivity index is 2.29. The fraction of sp³-hybridized carbons (Fsp3) is 0.182. The SMILES string of the molecule is CC(=O)Nc1nc(Cc2cccs2)c(C(=O)O)s1. The minimum atomic E-state index is -1.02. The minimum Gasteiger partial charge on any atom is -0.477 e. The van der Waals surface area contributed by atoms with Crippen LogP contribution in [-0.2, 0) is 11.2 Å². The maximum Gasteiger partial charge on any atom is 0.347 e. The molecule has 0 aliphatic heterocycles. The number of anilines is 1. The first kappa shape index (κ1) is 12.7. The normalized spacial score (nSPS) is 10.3. The third kappa shape index (κ3) is 2.93. The summed E-state index contributed by atoms with van der Waals surface area (Å²) in [5, 5.41) is 13.9. The van der Waals surface area contributed by atoms with Crippen LogP contribution in [0.1, 0.15) is 27.2 Å². The molecule has 2 aromatic heterocycles. The largest absolute Gasteiger partial charge is 0.477 e. The molecule has 1 amide bonds. The number of amides is 1. The molecular formula is C11H10N2O3S2. The van der Waals surface area contributed by atoms with Crippen molar-refractivity contribution in [3.8, 4) is 0 Å². The summed E-state index contributed by atoms with van der Waals surface area (Å²) in [6, 6.07) is 3.83. The highest BCUT2D eigenvalue weighted by Gasteiger charge is 2.18. The summed E-state index contributed by atoms with van der Waals surface area (Å²) < 4.78 is 0. The lowest BCUT2D eigenvalue weighted by Gasteiger charge is -1.95. The quantitative estimate of drug-likeness (QED) is 0.902. The van der Waals surface area contributed by atoms with E-state index in [1.165, 1.54) is 6.92 Å². The first-order valence-electron chi connectivity index (χ1n) is 5.09. The smallest absolute Gasteiger partial charge is 0.347 e. The zero-order chi connectivity index (χ0) is 13.1. The van der Waals surface area contributed by atoms with E-state index in [4.69, 9.17) is 5.11 Å². The monoisotopic (exact) mass is 282 g/mol. The molecule has 2 aromatic rings. The Morgan fingerprint density at radius 2 is 2.28 bits per heavy atom. The Bertz CT molecular complexity index is 575. The fourth-order valence-electron chi connectivity index (χ4n) is 1.42. The van der Waals surface area contributed by atoms with Crippen LogP contribution in [0.4, 0.5) is 5.13 Å². The van der Waals surface area contributed by atoms with Crippen molar-refractivity contribution in [2.45, 2.75) is 13.3 Å². The molecule has 0 radical (unpaired) electrons. The number of hydrogen-bond donors (Lipinski definition) is 2. The van der Waals surface area contributed by atoms with Gasteiger partial charge in [-0.3, -0.25) is 4.79 Å². The van der Waals surface area contributed by atoms with Crippen molar-refractivity contribution in [1.29, 1.82) is 0 Å².